The van der Waals surface area contributed by atoms with Gasteiger partial charge in [0.05, 0.1) is 10.7 Å². The van der Waals surface area contributed by atoms with Gasteiger partial charge < -0.3 is 5.32 Å². The van der Waals surface area contributed by atoms with Gasteiger partial charge in [0.15, 0.2) is 0 Å². The van der Waals surface area contributed by atoms with E-state index in [2.05, 4.69) is 18.3 Å². The molecule has 76 valence electrons. The molecule has 0 fully saturated rings. The van der Waals surface area contributed by atoms with Gasteiger partial charge in [-0.25, -0.2) is 0 Å². The maximum Gasteiger partial charge on any atom is 0.0640 e. The number of fused-ring (bicyclic) bond motifs is 1. The summed E-state index contributed by atoms with van der Waals surface area (Å²) in [6, 6.07) is 6.14. The molecule has 0 amide bonds. The first-order valence-corrected chi connectivity index (χ1v) is 6.35. The van der Waals surface area contributed by atoms with E-state index in [1.165, 1.54) is 17.7 Å². The number of hydrogen-bond donors (Lipinski definition) is 1. The minimum Gasteiger partial charge on any atom is -0.384 e. The Balaban J connectivity index is 2.40. The smallest absolute Gasteiger partial charge is 0.0640 e. The molecular formula is C11H14ClNS. The molecule has 3 heteroatoms. The van der Waals surface area contributed by atoms with Gasteiger partial charge in [-0.05, 0) is 30.7 Å². The average Bonchev–Trinajstić information content (AvgIpc) is 2.16. The van der Waals surface area contributed by atoms with Crippen LogP contribution in [0.1, 0.15) is 24.2 Å². The van der Waals surface area contributed by atoms with Crippen molar-refractivity contribution in [3.8, 4) is 0 Å². The normalized spacial score (nSPS) is 21.7. The van der Waals surface area contributed by atoms with Crippen LogP contribution in [0, 0.1) is 0 Å². The van der Waals surface area contributed by atoms with E-state index in [0.717, 1.165) is 17.3 Å². The zero-order valence-corrected chi connectivity index (χ0v) is 9.79. The summed E-state index contributed by atoms with van der Waals surface area (Å²) in [6.45, 7) is 3.27. The third-order valence-electron chi connectivity index (χ3n) is 2.47. The van der Waals surface area contributed by atoms with E-state index in [0.29, 0.717) is 5.25 Å². The van der Waals surface area contributed by atoms with Crippen LogP contribution in [0.5, 0.6) is 0 Å². The summed E-state index contributed by atoms with van der Waals surface area (Å²) in [5.41, 5.74) is 2.47. The Morgan fingerprint density at radius 2 is 2.36 bits per heavy atom. The zero-order chi connectivity index (χ0) is 9.97. The van der Waals surface area contributed by atoms with E-state index in [-0.39, 0.29) is 0 Å². The maximum absolute atomic E-state index is 6.16. The Morgan fingerprint density at radius 3 is 3.21 bits per heavy atom. The number of rotatable bonds is 0. The van der Waals surface area contributed by atoms with E-state index in [1.54, 1.807) is 0 Å². The summed E-state index contributed by atoms with van der Waals surface area (Å²) in [4.78, 5) is 0. The first-order chi connectivity index (χ1) is 6.79. The molecular weight excluding hydrogens is 214 g/mol. The van der Waals surface area contributed by atoms with Crippen LogP contribution in [0.15, 0.2) is 18.2 Å². The number of para-hydroxylation sites is 1. The van der Waals surface area contributed by atoms with Crippen molar-refractivity contribution >= 4 is 29.1 Å². The van der Waals surface area contributed by atoms with E-state index >= 15 is 0 Å². The molecule has 2 rings (SSSR count). The SMILES string of the molecule is CC1SCCCNc2c(Cl)cccc21. The van der Waals surface area contributed by atoms with Crippen molar-refractivity contribution < 1.29 is 0 Å². The molecule has 0 radical (unpaired) electrons. The van der Waals surface area contributed by atoms with Crippen molar-refractivity contribution in [1.82, 2.24) is 0 Å². The second-order valence-corrected chi connectivity index (χ2v) is 5.35. The summed E-state index contributed by atoms with van der Waals surface area (Å²) in [5.74, 6) is 1.22. The van der Waals surface area contributed by atoms with Gasteiger partial charge in [0.25, 0.3) is 0 Å². The standard InChI is InChI=1S/C11H14ClNS/c1-8-9-4-2-5-10(12)11(9)13-6-3-7-14-8/h2,4-5,8,13H,3,6-7H2,1H3. The second-order valence-electron chi connectivity index (χ2n) is 3.50. The lowest BCUT2D eigenvalue weighted by molar-refractivity contribution is 0.957. The van der Waals surface area contributed by atoms with Crippen molar-refractivity contribution in [3.05, 3.63) is 28.8 Å². The number of benzene rings is 1. The highest BCUT2D eigenvalue weighted by Gasteiger charge is 2.15. The molecule has 1 nitrogen and oxygen atoms in total. The summed E-state index contributed by atoms with van der Waals surface area (Å²) in [7, 11) is 0. The van der Waals surface area contributed by atoms with Gasteiger partial charge in [-0.2, -0.15) is 11.8 Å². The predicted molar refractivity (Wildman–Crippen MR) is 65.4 cm³/mol. The monoisotopic (exact) mass is 227 g/mol. The van der Waals surface area contributed by atoms with Crippen LogP contribution in [0.4, 0.5) is 5.69 Å². The summed E-state index contributed by atoms with van der Waals surface area (Å²) < 4.78 is 0. The number of halogens is 1. The Hall–Kier alpha value is -0.340. The molecule has 0 saturated carbocycles. The van der Waals surface area contributed by atoms with Crippen LogP contribution in [0.2, 0.25) is 5.02 Å². The fourth-order valence-corrected chi connectivity index (χ4v) is 2.99. The molecule has 1 aliphatic heterocycles. The molecule has 1 aromatic rings. The Bertz CT molecular complexity index is 327. The molecule has 14 heavy (non-hydrogen) atoms. The minimum atomic E-state index is 0.538. The van der Waals surface area contributed by atoms with Crippen molar-refractivity contribution in [2.45, 2.75) is 18.6 Å². The molecule has 0 spiro atoms. The van der Waals surface area contributed by atoms with Crippen LogP contribution in [-0.4, -0.2) is 12.3 Å². The van der Waals surface area contributed by atoms with Gasteiger partial charge in [0, 0.05) is 11.8 Å². The molecule has 0 saturated heterocycles. The first-order valence-electron chi connectivity index (χ1n) is 4.93. The fourth-order valence-electron chi connectivity index (χ4n) is 1.70. The van der Waals surface area contributed by atoms with Crippen LogP contribution >= 0.6 is 23.4 Å². The number of nitrogens with one attached hydrogen (secondary N) is 1. The average molecular weight is 228 g/mol. The van der Waals surface area contributed by atoms with Crippen LogP contribution in [0.25, 0.3) is 0 Å². The van der Waals surface area contributed by atoms with E-state index in [9.17, 15) is 0 Å². The third-order valence-corrected chi connectivity index (χ3v) is 4.07. The largest absolute Gasteiger partial charge is 0.384 e. The fraction of sp³-hybridized carbons (Fsp3) is 0.455. The molecule has 0 aromatic heterocycles. The van der Waals surface area contributed by atoms with Crippen molar-refractivity contribution in [2.75, 3.05) is 17.6 Å². The highest BCUT2D eigenvalue weighted by Crippen LogP contribution is 2.38. The van der Waals surface area contributed by atoms with Gasteiger partial charge in [0.1, 0.15) is 0 Å². The van der Waals surface area contributed by atoms with Gasteiger partial charge in [-0.15, -0.1) is 0 Å². The Kier molecular flexibility index (Phi) is 3.24. The first kappa shape index (κ1) is 10.2. The van der Waals surface area contributed by atoms with Gasteiger partial charge >= 0.3 is 0 Å². The van der Waals surface area contributed by atoms with Crippen LogP contribution in [0.3, 0.4) is 0 Å². The van der Waals surface area contributed by atoms with Crippen LogP contribution < -0.4 is 5.32 Å². The predicted octanol–water partition coefficient (Wildman–Crippen LogP) is 3.95. The highest BCUT2D eigenvalue weighted by molar-refractivity contribution is 7.99. The molecule has 0 bridgehead atoms. The molecule has 1 unspecified atom stereocenters. The highest BCUT2D eigenvalue weighted by atomic mass is 35.5. The number of thioether (sulfide) groups is 1. The Labute approximate surface area is 94.2 Å². The lowest BCUT2D eigenvalue weighted by Crippen LogP contribution is -2.10. The minimum absolute atomic E-state index is 0.538. The molecule has 1 N–H and O–H groups in total. The number of hydrogen-bond acceptors (Lipinski definition) is 2. The van der Waals surface area contributed by atoms with Gasteiger partial charge in [-0.1, -0.05) is 23.7 Å². The molecule has 1 heterocycles. The third kappa shape index (κ3) is 2.01. The quantitative estimate of drug-likeness (QED) is 0.720. The lowest BCUT2D eigenvalue weighted by Gasteiger charge is -2.21. The lowest BCUT2D eigenvalue weighted by atomic mass is 10.1. The molecule has 1 aliphatic rings. The molecule has 0 aliphatic carbocycles. The summed E-state index contributed by atoms with van der Waals surface area (Å²) >= 11 is 8.17. The zero-order valence-electron chi connectivity index (χ0n) is 8.22. The number of anilines is 1. The van der Waals surface area contributed by atoms with E-state index in [1.807, 2.05) is 23.9 Å². The van der Waals surface area contributed by atoms with Crippen LogP contribution in [-0.2, 0) is 0 Å². The van der Waals surface area contributed by atoms with Crippen molar-refractivity contribution in [3.63, 3.8) is 0 Å². The van der Waals surface area contributed by atoms with Gasteiger partial charge in [0.2, 0.25) is 0 Å². The molecule has 1 aromatic carbocycles. The van der Waals surface area contributed by atoms with Crippen molar-refractivity contribution in [1.29, 1.82) is 0 Å². The maximum atomic E-state index is 6.16. The van der Waals surface area contributed by atoms with E-state index in [4.69, 9.17) is 11.6 Å². The van der Waals surface area contributed by atoms with Gasteiger partial charge in [-0.3, -0.25) is 0 Å². The summed E-state index contributed by atoms with van der Waals surface area (Å²) in [5, 5.41) is 4.80. The Morgan fingerprint density at radius 1 is 1.50 bits per heavy atom. The summed E-state index contributed by atoms with van der Waals surface area (Å²) in [6.07, 6.45) is 1.21. The second kappa shape index (κ2) is 4.45. The van der Waals surface area contributed by atoms with E-state index < -0.39 is 0 Å². The molecule has 1 atom stereocenters. The van der Waals surface area contributed by atoms with Crippen molar-refractivity contribution in [2.24, 2.45) is 0 Å². The topological polar surface area (TPSA) is 12.0 Å².